The Hall–Kier alpha value is -1.76. The van der Waals surface area contributed by atoms with Gasteiger partial charge in [-0.3, -0.25) is 4.79 Å². The lowest BCUT2D eigenvalue weighted by atomic mass is 9.97. The van der Waals surface area contributed by atoms with Crippen LogP contribution >= 0.6 is 0 Å². The first-order valence-electron chi connectivity index (χ1n) is 8.42. The zero-order valence-corrected chi connectivity index (χ0v) is 14.3. The molecule has 1 fully saturated rings. The first-order valence-corrected chi connectivity index (χ1v) is 8.42. The van der Waals surface area contributed by atoms with E-state index in [-0.39, 0.29) is 23.7 Å². The quantitative estimate of drug-likeness (QED) is 0.804. The van der Waals surface area contributed by atoms with Crippen LogP contribution in [0.25, 0.3) is 0 Å². The molecule has 0 spiro atoms. The Morgan fingerprint density at radius 3 is 2.65 bits per heavy atom. The number of Topliss-reactive ketones (excluding diaryl/α,β-unsaturated/α-hetero) is 1. The fraction of sp³-hybridized carbons (Fsp3) is 0.750. The molecule has 23 heavy (non-hydrogen) atoms. The van der Waals surface area contributed by atoms with E-state index in [1.54, 1.807) is 11.6 Å². The molecule has 2 heterocycles. The molecule has 0 saturated carbocycles. The highest BCUT2D eigenvalue weighted by atomic mass is 16.2. The smallest absolute Gasteiger partial charge is 0.247 e. The molecule has 0 radical (unpaired) electrons. The van der Waals surface area contributed by atoms with Gasteiger partial charge in [0.25, 0.3) is 0 Å². The van der Waals surface area contributed by atoms with Crippen molar-refractivity contribution in [1.82, 2.24) is 25.2 Å². The van der Waals surface area contributed by atoms with Gasteiger partial charge < -0.3 is 15.0 Å². The van der Waals surface area contributed by atoms with E-state index in [0.717, 1.165) is 38.3 Å². The van der Waals surface area contributed by atoms with Crippen molar-refractivity contribution in [3.8, 4) is 0 Å². The molecule has 1 N–H and O–H groups in total. The van der Waals surface area contributed by atoms with Crippen LogP contribution in [0.1, 0.15) is 45.3 Å². The number of nitrogens with zero attached hydrogens (tertiary/aromatic N) is 4. The molecule has 1 aliphatic rings. The maximum absolute atomic E-state index is 12.9. The van der Waals surface area contributed by atoms with Crippen LogP contribution in [0.15, 0.2) is 6.20 Å². The summed E-state index contributed by atoms with van der Waals surface area (Å²) in [4.78, 5) is 25.9. The minimum absolute atomic E-state index is 0.115. The van der Waals surface area contributed by atoms with E-state index in [9.17, 15) is 9.59 Å². The van der Waals surface area contributed by atoms with Crippen LogP contribution in [0.4, 0.5) is 0 Å². The third kappa shape index (κ3) is 4.60. The molecule has 1 unspecified atom stereocenters. The monoisotopic (exact) mass is 321 g/mol. The van der Waals surface area contributed by atoms with Crippen molar-refractivity contribution >= 4 is 11.7 Å². The summed E-state index contributed by atoms with van der Waals surface area (Å²) in [5.41, 5.74) is 0.765. The summed E-state index contributed by atoms with van der Waals surface area (Å²) < 4.78 is 1.69. The van der Waals surface area contributed by atoms with E-state index in [1.165, 1.54) is 0 Å². The summed E-state index contributed by atoms with van der Waals surface area (Å²) in [6, 6.07) is -0.323. The lowest BCUT2D eigenvalue weighted by Crippen LogP contribution is -2.49. The molecule has 1 aliphatic heterocycles. The second-order valence-electron chi connectivity index (χ2n) is 6.30. The van der Waals surface area contributed by atoms with Crippen LogP contribution in [-0.4, -0.2) is 57.8 Å². The van der Waals surface area contributed by atoms with Gasteiger partial charge in [0.05, 0.1) is 5.69 Å². The standard InChI is InChI=1S/C16H27N5O2/c1-4-12(2)15(16(23)20-9-7-17-8-10-20)21-11-14(18-19-21)6-5-13(3)22/h11-12,15,17H,4-10H2,1-3H3/t12?,15-/m0/s1. The molecule has 1 aromatic rings. The average molecular weight is 321 g/mol. The van der Waals surface area contributed by atoms with Gasteiger partial charge in [-0.05, 0) is 19.3 Å². The van der Waals surface area contributed by atoms with Crippen molar-refractivity contribution in [3.63, 3.8) is 0 Å². The van der Waals surface area contributed by atoms with Crippen LogP contribution in [-0.2, 0) is 16.0 Å². The van der Waals surface area contributed by atoms with Gasteiger partial charge in [-0.25, -0.2) is 4.68 Å². The van der Waals surface area contributed by atoms with Gasteiger partial charge in [-0.2, -0.15) is 0 Å². The maximum atomic E-state index is 12.9. The number of amides is 1. The number of piperazine rings is 1. The fourth-order valence-electron chi connectivity index (χ4n) is 2.78. The van der Waals surface area contributed by atoms with Gasteiger partial charge in [0, 0.05) is 38.8 Å². The Kier molecular flexibility index (Phi) is 6.27. The zero-order chi connectivity index (χ0) is 16.8. The van der Waals surface area contributed by atoms with Crippen LogP contribution in [0, 0.1) is 5.92 Å². The number of hydrogen-bond donors (Lipinski definition) is 1. The summed E-state index contributed by atoms with van der Waals surface area (Å²) in [7, 11) is 0. The molecule has 1 saturated heterocycles. The average Bonchev–Trinajstić information content (AvgIpc) is 3.02. The number of nitrogens with one attached hydrogen (secondary N) is 1. The topological polar surface area (TPSA) is 80.1 Å². The van der Waals surface area contributed by atoms with Crippen molar-refractivity contribution in [2.75, 3.05) is 26.2 Å². The maximum Gasteiger partial charge on any atom is 0.247 e. The SMILES string of the molecule is CCC(C)[C@@H](C(=O)N1CCNCC1)n1cc(CCC(C)=O)nn1. The van der Waals surface area contributed by atoms with Gasteiger partial charge in [0.1, 0.15) is 11.8 Å². The Labute approximate surface area is 137 Å². The first-order chi connectivity index (χ1) is 11.0. The van der Waals surface area contributed by atoms with Crippen molar-refractivity contribution < 1.29 is 9.59 Å². The van der Waals surface area contributed by atoms with E-state index in [1.807, 2.05) is 11.1 Å². The number of ketones is 1. The van der Waals surface area contributed by atoms with E-state index >= 15 is 0 Å². The van der Waals surface area contributed by atoms with Gasteiger partial charge in [0.2, 0.25) is 5.91 Å². The number of carbonyl (C=O) groups excluding carboxylic acids is 2. The molecule has 7 heteroatoms. The molecule has 0 aliphatic carbocycles. The Balaban J connectivity index is 2.14. The predicted molar refractivity (Wildman–Crippen MR) is 87.0 cm³/mol. The minimum Gasteiger partial charge on any atom is -0.338 e. The predicted octanol–water partition coefficient (Wildman–Crippen LogP) is 0.819. The molecule has 1 aromatic heterocycles. The van der Waals surface area contributed by atoms with Gasteiger partial charge in [0.15, 0.2) is 0 Å². The van der Waals surface area contributed by atoms with Crippen LogP contribution < -0.4 is 5.32 Å². The van der Waals surface area contributed by atoms with E-state index in [4.69, 9.17) is 0 Å². The van der Waals surface area contributed by atoms with Crippen molar-refractivity contribution in [2.24, 2.45) is 5.92 Å². The van der Waals surface area contributed by atoms with Gasteiger partial charge >= 0.3 is 0 Å². The lowest BCUT2D eigenvalue weighted by Gasteiger charge is -2.32. The largest absolute Gasteiger partial charge is 0.338 e. The second-order valence-corrected chi connectivity index (χ2v) is 6.30. The molecule has 128 valence electrons. The third-order valence-electron chi connectivity index (χ3n) is 4.44. The fourth-order valence-corrected chi connectivity index (χ4v) is 2.78. The highest BCUT2D eigenvalue weighted by molar-refractivity contribution is 5.80. The number of rotatable bonds is 7. The van der Waals surface area contributed by atoms with E-state index in [0.29, 0.717) is 12.8 Å². The molecule has 2 rings (SSSR count). The third-order valence-corrected chi connectivity index (χ3v) is 4.44. The minimum atomic E-state index is -0.323. The second kappa shape index (κ2) is 8.19. The van der Waals surface area contributed by atoms with E-state index < -0.39 is 0 Å². The number of carbonyl (C=O) groups is 2. The van der Waals surface area contributed by atoms with Crippen molar-refractivity contribution in [2.45, 2.75) is 46.1 Å². The summed E-state index contributed by atoms with van der Waals surface area (Å²) >= 11 is 0. The van der Waals surface area contributed by atoms with Crippen LogP contribution in [0.2, 0.25) is 0 Å². The van der Waals surface area contributed by atoms with E-state index in [2.05, 4.69) is 29.5 Å². The van der Waals surface area contributed by atoms with Crippen LogP contribution in [0.3, 0.4) is 0 Å². The Morgan fingerprint density at radius 2 is 2.04 bits per heavy atom. The van der Waals surface area contributed by atoms with Crippen molar-refractivity contribution in [3.05, 3.63) is 11.9 Å². The van der Waals surface area contributed by atoms with Crippen molar-refractivity contribution in [1.29, 1.82) is 0 Å². The Morgan fingerprint density at radius 1 is 1.35 bits per heavy atom. The lowest BCUT2D eigenvalue weighted by molar-refractivity contribution is -0.137. The molecule has 0 bridgehead atoms. The van der Waals surface area contributed by atoms with Crippen LogP contribution in [0.5, 0.6) is 0 Å². The number of aryl methyl sites for hydroxylation is 1. The summed E-state index contributed by atoms with van der Waals surface area (Å²) in [5, 5.41) is 11.6. The van der Waals surface area contributed by atoms with Gasteiger partial charge in [-0.15, -0.1) is 5.10 Å². The molecule has 1 amide bonds. The molecular weight excluding hydrogens is 294 g/mol. The molecule has 0 aromatic carbocycles. The molecule has 2 atom stereocenters. The molecule has 7 nitrogen and oxygen atoms in total. The highest BCUT2D eigenvalue weighted by Gasteiger charge is 2.31. The zero-order valence-electron chi connectivity index (χ0n) is 14.3. The number of hydrogen-bond acceptors (Lipinski definition) is 5. The first kappa shape index (κ1) is 17.6. The summed E-state index contributed by atoms with van der Waals surface area (Å²) in [5.74, 6) is 0.429. The normalized spacial score (nSPS) is 17.8. The highest BCUT2D eigenvalue weighted by Crippen LogP contribution is 2.23. The summed E-state index contributed by atoms with van der Waals surface area (Å²) in [6.07, 6.45) is 3.74. The molecular formula is C16H27N5O2. The summed E-state index contributed by atoms with van der Waals surface area (Å²) in [6.45, 7) is 8.86. The van der Waals surface area contributed by atoms with Gasteiger partial charge in [-0.1, -0.05) is 25.5 Å². The Bertz CT molecular complexity index is 536. The number of aromatic nitrogens is 3.